The number of aliphatic carboxylic acids is 1. The third kappa shape index (κ3) is 14.7. The van der Waals surface area contributed by atoms with Gasteiger partial charge < -0.3 is 39.4 Å². The van der Waals surface area contributed by atoms with Crippen LogP contribution in [0.5, 0.6) is 0 Å². The fraction of sp³-hybridized carbons (Fsp3) is 0.783. The van der Waals surface area contributed by atoms with Crippen molar-refractivity contribution in [1.29, 1.82) is 0 Å². The van der Waals surface area contributed by atoms with E-state index in [9.17, 15) is 14.4 Å². The molecule has 0 unspecified atom stereocenters. The Morgan fingerprint density at radius 1 is 0.824 bits per heavy atom. The van der Waals surface area contributed by atoms with Gasteiger partial charge in [0.2, 0.25) is 0 Å². The molecule has 34 heavy (non-hydrogen) atoms. The first-order chi connectivity index (χ1) is 16.5. The van der Waals surface area contributed by atoms with Gasteiger partial charge in [0, 0.05) is 6.54 Å². The number of carboxylic acids is 1. The first-order valence-corrected chi connectivity index (χ1v) is 11.9. The second-order valence-corrected chi connectivity index (χ2v) is 7.89. The number of carbonyl (C=O) groups is 3. The Balaban J connectivity index is 1.86. The van der Waals surface area contributed by atoms with Crippen LogP contribution in [-0.2, 0) is 28.5 Å². The van der Waals surface area contributed by atoms with Crippen LogP contribution < -0.4 is 10.6 Å². The van der Waals surface area contributed by atoms with Gasteiger partial charge in [-0.2, -0.15) is 0 Å². The summed E-state index contributed by atoms with van der Waals surface area (Å²) in [6, 6.07) is 0. The fourth-order valence-corrected chi connectivity index (χ4v) is 3.65. The minimum Gasteiger partial charge on any atom is -0.480 e. The van der Waals surface area contributed by atoms with Crippen molar-refractivity contribution >= 4 is 18.2 Å². The molecule has 196 valence electrons. The molecular formula is C23H40N2O9. The minimum absolute atomic E-state index is 0.0138. The van der Waals surface area contributed by atoms with Gasteiger partial charge in [-0.1, -0.05) is 25.8 Å². The van der Waals surface area contributed by atoms with E-state index < -0.39 is 24.7 Å². The monoisotopic (exact) mass is 488 g/mol. The second kappa shape index (κ2) is 19.0. The summed E-state index contributed by atoms with van der Waals surface area (Å²) in [6.07, 6.45) is 5.19. The first-order valence-electron chi connectivity index (χ1n) is 11.9. The van der Waals surface area contributed by atoms with Crippen molar-refractivity contribution < 1.29 is 43.2 Å². The van der Waals surface area contributed by atoms with Crippen LogP contribution in [0.4, 0.5) is 9.59 Å². The van der Waals surface area contributed by atoms with Crippen molar-refractivity contribution in [3.63, 3.8) is 0 Å². The van der Waals surface area contributed by atoms with E-state index >= 15 is 0 Å². The summed E-state index contributed by atoms with van der Waals surface area (Å²) in [4.78, 5) is 33.2. The molecule has 0 aromatic carbocycles. The van der Waals surface area contributed by atoms with Gasteiger partial charge in [0.15, 0.2) is 0 Å². The molecule has 11 nitrogen and oxygen atoms in total. The van der Waals surface area contributed by atoms with E-state index in [4.69, 9.17) is 28.8 Å². The highest BCUT2D eigenvalue weighted by Crippen LogP contribution is 2.52. The Morgan fingerprint density at radius 3 is 2.03 bits per heavy atom. The number of allylic oxidation sites excluding steroid dienone is 1. The van der Waals surface area contributed by atoms with E-state index in [1.807, 2.05) is 6.08 Å². The third-order valence-corrected chi connectivity index (χ3v) is 5.35. The van der Waals surface area contributed by atoms with E-state index in [0.717, 1.165) is 19.3 Å². The number of ether oxygens (including phenoxy) is 5. The van der Waals surface area contributed by atoms with E-state index in [-0.39, 0.29) is 13.2 Å². The number of carboxylic acid groups (broad SMARTS) is 1. The van der Waals surface area contributed by atoms with E-state index in [1.165, 1.54) is 6.42 Å². The van der Waals surface area contributed by atoms with E-state index in [1.54, 1.807) is 0 Å². The van der Waals surface area contributed by atoms with Gasteiger partial charge in [-0.25, -0.2) is 9.59 Å². The van der Waals surface area contributed by atoms with Gasteiger partial charge in [0.05, 0.1) is 46.2 Å². The van der Waals surface area contributed by atoms with Crippen LogP contribution in [0.3, 0.4) is 0 Å². The Labute approximate surface area is 201 Å². The molecule has 0 spiro atoms. The molecule has 1 fully saturated rings. The zero-order chi connectivity index (χ0) is 25.0. The van der Waals surface area contributed by atoms with Crippen LogP contribution in [0.25, 0.3) is 0 Å². The standard InChI is InChI=1S/C23H40N2O9/c1-3-5-7-19-18(6-4-2)20(19)17-34-22(28)24-8-9-30-10-11-31-12-13-32-14-15-33-23(29)25-16-21(26)27/h3,18-20H,1,4-17H2,2H3,(H,24,28)(H,25,29)(H,26,27)/t18-,19+,20-/m0/s1. The maximum atomic E-state index is 11.8. The number of nitrogens with one attached hydrogen (secondary N) is 2. The highest BCUT2D eigenvalue weighted by molar-refractivity contribution is 5.76. The SMILES string of the molecule is C=CCC[C@@H]1[C@H](CCC)[C@@H]1COC(=O)NCCOCCOCCOCCOC(=O)NCC(=O)O. The summed E-state index contributed by atoms with van der Waals surface area (Å²) >= 11 is 0. The molecule has 0 aromatic heterocycles. The summed E-state index contributed by atoms with van der Waals surface area (Å²) in [5.41, 5.74) is 0. The van der Waals surface area contributed by atoms with Crippen molar-refractivity contribution in [2.24, 2.45) is 17.8 Å². The number of amides is 2. The van der Waals surface area contributed by atoms with Crippen molar-refractivity contribution in [2.45, 2.75) is 32.6 Å². The summed E-state index contributed by atoms with van der Waals surface area (Å²) in [7, 11) is 0. The van der Waals surface area contributed by atoms with Crippen LogP contribution >= 0.6 is 0 Å². The normalized spacial score (nSPS) is 18.7. The van der Waals surface area contributed by atoms with Gasteiger partial charge in [-0.15, -0.1) is 6.58 Å². The maximum absolute atomic E-state index is 11.8. The highest BCUT2D eigenvalue weighted by atomic mass is 16.6. The second-order valence-electron chi connectivity index (χ2n) is 7.89. The Kier molecular flexibility index (Phi) is 16.6. The molecule has 1 rings (SSSR count). The smallest absolute Gasteiger partial charge is 0.407 e. The molecule has 0 bridgehead atoms. The number of hydrogen-bond donors (Lipinski definition) is 3. The fourth-order valence-electron chi connectivity index (χ4n) is 3.65. The molecule has 0 saturated heterocycles. The largest absolute Gasteiger partial charge is 0.480 e. The molecule has 11 heteroatoms. The molecule has 3 atom stereocenters. The Bertz CT molecular complexity index is 603. The average molecular weight is 489 g/mol. The molecule has 2 amide bonds. The van der Waals surface area contributed by atoms with Crippen molar-refractivity contribution in [2.75, 3.05) is 65.9 Å². The Morgan fingerprint density at radius 2 is 1.41 bits per heavy atom. The van der Waals surface area contributed by atoms with Gasteiger partial charge in [-0.05, 0) is 30.6 Å². The minimum atomic E-state index is -1.15. The van der Waals surface area contributed by atoms with Crippen LogP contribution in [0.2, 0.25) is 0 Å². The Hall–Kier alpha value is -2.37. The average Bonchev–Trinajstić information content (AvgIpc) is 3.48. The quantitative estimate of drug-likeness (QED) is 0.164. The number of alkyl carbamates (subject to hydrolysis) is 2. The lowest BCUT2D eigenvalue weighted by molar-refractivity contribution is -0.135. The van der Waals surface area contributed by atoms with Crippen molar-refractivity contribution in [3.8, 4) is 0 Å². The number of rotatable bonds is 21. The van der Waals surface area contributed by atoms with Gasteiger partial charge >= 0.3 is 18.2 Å². The molecule has 3 N–H and O–H groups in total. The summed E-state index contributed by atoms with van der Waals surface area (Å²) in [6.45, 7) is 8.30. The molecular weight excluding hydrogens is 448 g/mol. The first kappa shape index (κ1) is 29.7. The lowest BCUT2D eigenvalue weighted by atomic mass is 10.1. The zero-order valence-electron chi connectivity index (χ0n) is 20.1. The van der Waals surface area contributed by atoms with Gasteiger partial charge in [0.25, 0.3) is 0 Å². The molecule has 0 heterocycles. The summed E-state index contributed by atoms with van der Waals surface area (Å²) in [5, 5.41) is 13.2. The molecule has 0 aliphatic heterocycles. The van der Waals surface area contributed by atoms with Crippen molar-refractivity contribution in [3.05, 3.63) is 12.7 Å². The van der Waals surface area contributed by atoms with Gasteiger partial charge in [-0.3, -0.25) is 4.79 Å². The maximum Gasteiger partial charge on any atom is 0.407 e. The predicted octanol–water partition coefficient (Wildman–Crippen LogP) is 2.20. The lowest BCUT2D eigenvalue weighted by Crippen LogP contribution is -2.30. The lowest BCUT2D eigenvalue weighted by Gasteiger charge is -2.09. The number of hydrogen-bond acceptors (Lipinski definition) is 8. The van der Waals surface area contributed by atoms with Crippen LogP contribution in [0.1, 0.15) is 32.6 Å². The summed E-state index contributed by atoms with van der Waals surface area (Å²) in [5.74, 6) is 0.631. The topological polar surface area (TPSA) is 142 Å². The van der Waals surface area contributed by atoms with E-state index in [2.05, 4.69) is 24.1 Å². The molecule has 0 aromatic rings. The van der Waals surface area contributed by atoms with E-state index in [0.29, 0.717) is 63.9 Å². The molecule has 1 saturated carbocycles. The van der Waals surface area contributed by atoms with Crippen LogP contribution in [0, 0.1) is 17.8 Å². The van der Waals surface area contributed by atoms with Crippen LogP contribution in [0.15, 0.2) is 12.7 Å². The third-order valence-electron chi connectivity index (χ3n) is 5.35. The van der Waals surface area contributed by atoms with Crippen LogP contribution in [-0.4, -0.2) is 89.2 Å². The predicted molar refractivity (Wildman–Crippen MR) is 124 cm³/mol. The highest BCUT2D eigenvalue weighted by Gasteiger charge is 2.48. The molecule has 1 aliphatic carbocycles. The zero-order valence-corrected chi connectivity index (χ0v) is 20.1. The molecule has 0 radical (unpaired) electrons. The number of carbonyl (C=O) groups excluding carboxylic acids is 2. The summed E-state index contributed by atoms with van der Waals surface area (Å²) < 4.78 is 26.0. The molecule has 1 aliphatic rings. The van der Waals surface area contributed by atoms with Crippen molar-refractivity contribution in [1.82, 2.24) is 10.6 Å². The van der Waals surface area contributed by atoms with Gasteiger partial charge in [0.1, 0.15) is 13.2 Å².